The van der Waals surface area contributed by atoms with Crippen LogP contribution in [0.2, 0.25) is 0 Å². The molecule has 23 heavy (non-hydrogen) atoms. The Hall–Kier alpha value is -1.84. The third-order valence-corrected chi connectivity index (χ3v) is 4.41. The molecule has 0 saturated heterocycles. The standard InChI is InChI=1S/C10H20.C9H8O4/c1-2-3-4-7-10-8-5-6-9-10;1-5-2-3-6(8(10)11)4-7(5)9(12)13/h10H,2-9H2,1H3;2-4H,1H3,(H,10,11)(H,12,13). The Morgan fingerprint density at radius 3 is 2.26 bits per heavy atom. The van der Waals surface area contributed by atoms with Gasteiger partial charge in [-0.1, -0.05) is 64.4 Å². The van der Waals surface area contributed by atoms with E-state index in [4.69, 9.17) is 10.2 Å². The summed E-state index contributed by atoms with van der Waals surface area (Å²) in [5.41, 5.74) is 0.570. The van der Waals surface area contributed by atoms with E-state index < -0.39 is 11.9 Å². The second-order valence-corrected chi connectivity index (χ2v) is 6.29. The second-order valence-electron chi connectivity index (χ2n) is 6.29. The fraction of sp³-hybridized carbons (Fsp3) is 0.579. The number of carboxylic acids is 2. The zero-order valence-electron chi connectivity index (χ0n) is 14.2. The van der Waals surface area contributed by atoms with Crippen molar-refractivity contribution >= 4 is 11.9 Å². The summed E-state index contributed by atoms with van der Waals surface area (Å²) in [6.07, 6.45) is 11.9. The molecule has 0 bridgehead atoms. The molecule has 1 aromatic carbocycles. The van der Waals surface area contributed by atoms with Crippen molar-refractivity contribution in [2.45, 2.75) is 65.2 Å². The Morgan fingerprint density at radius 1 is 1.09 bits per heavy atom. The first-order valence-corrected chi connectivity index (χ1v) is 8.53. The van der Waals surface area contributed by atoms with Crippen LogP contribution in [0.5, 0.6) is 0 Å². The van der Waals surface area contributed by atoms with Crippen LogP contribution in [0.3, 0.4) is 0 Å². The van der Waals surface area contributed by atoms with Crippen LogP contribution in [0.15, 0.2) is 18.2 Å². The number of unbranched alkanes of at least 4 members (excludes halogenated alkanes) is 2. The number of hydrogen-bond donors (Lipinski definition) is 2. The monoisotopic (exact) mass is 320 g/mol. The van der Waals surface area contributed by atoms with E-state index in [1.807, 2.05) is 0 Å². The first-order chi connectivity index (χ1) is 11.0. The van der Waals surface area contributed by atoms with Crippen molar-refractivity contribution in [2.24, 2.45) is 5.92 Å². The van der Waals surface area contributed by atoms with Crippen LogP contribution in [0.25, 0.3) is 0 Å². The minimum absolute atomic E-state index is 0.0111. The van der Waals surface area contributed by atoms with Gasteiger partial charge in [0.2, 0.25) is 0 Å². The van der Waals surface area contributed by atoms with Crippen LogP contribution in [-0.4, -0.2) is 22.2 Å². The molecular weight excluding hydrogens is 292 g/mol. The molecule has 1 fully saturated rings. The highest BCUT2D eigenvalue weighted by atomic mass is 16.4. The normalized spacial score (nSPS) is 14.2. The molecule has 1 aliphatic rings. The highest BCUT2D eigenvalue weighted by Crippen LogP contribution is 2.28. The average molecular weight is 320 g/mol. The molecule has 0 spiro atoms. The molecule has 4 nitrogen and oxygen atoms in total. The number of aryl methyl sites for hydroxylation is 1. The third-order valence-electron chi connectivity index (χ3n) is 4.41. The lowest BCUT2D eigenvalue weighted by atomic mass is 10.0. The maximum absolute atomic E-state index is 10.6. The van der Waals surface area contributed by atoms with E-state index in [0.29, 0.717) is 5.56 Å². The summed E-state index contributed by atoms with van der Waals surface area (Å²) >= 11 is 0. The SMILES string of the molecule is CCCCCC1CCCC1.Cc1ccc(C(=O)O)cc1C(=O)O. The van der Waals surface area contributed by atoms with Gasteiger partial charge in [-0.05, 0) is 30.5 Å². The van der Waals surface area contributed by atoms with Gasteiger partial charge in [0.25, 0.3) is 0 Å². The summed E-state index contributed by atoms with van der Waals surface area (Å²) in [6.45, 7) is 3.91. The number of hydrogen-bond acceptors (Lipinski definition) is 2. The van der Waals surface area contributed by atoms with Gasteiger partial charge < -0.3 is 10.2 Å². The minimum atomic E-state index is -1.12. The first kappa shape index (κ1) is 19.2. The smallest absolute Gasteiger partial charge is 0.335 e. The van der Waals surface area contributed by atoms with Gasteiger partial charge in [0.15, 0.2) is 0 Å². The molecule has 4 heteroatoms. The van der Waals surface area contributed by atoms with Crippen LogP contribution in [0.4, 0.5) is 0 Å². The number of carboxylic acid groups (broad SMARTS) is 2. The molecule has 128 valence electrons. The Bertz CT molecular complexity index is 516. The van der Waals surface area contributed by atoms with Crippen molar-refractivity contribution in [3.05, 3.63) is 34.9 Å². The van der Waals surface area contributed by atoms with Gasteiger partial charge >= 0.3 is 11.9 Å². The van der Waals surface area contributed by atoms with Crippen LogP contribution >= 0.6 is 0 Å². The third kappa shape index (κ3) is 6.85. The van der Waals surface area contributed by atoms with Gasteiger partial charge in [-0.3, -0.25) is 0 Å². The van der Waals surface area contributed by atoms with Crippen LogP contribution in [0.1, 0.15) is 84.6 Å². The molecule has 0 heterocycles. The van der Waals surface area contributed by atoms with Crippen LogP contribution < -0.4 is 0 Å². The number of rotatable bonds is 6. The van der Waals surface area contributed by atoms with Crippen molar-refractivity contribution in [1.82, 2.24) is 0 Å². The zero-order chi connectivity index (χ0) is 17.2. The molecule has 0 amide bonds. The molecule has 0 radical (unpaired) electrons. The molecule has 0 aromatic heterocycles. The van der Waals surface area contributed by atoms with Gasteiger partial charge in [0.05, 0.1) is 11.1 Å². The lowest BCUT2D eigenvalue weighted by Crippen LogP contribution is -2.03. The van der Waals surface area contributed by atoms with Gasteiger partial charge in [-0.25, -0.2) is 9.59 Å². The molecule has 1 aliphatic carbocycles. The summed E-state index contributed by atoms with van der Waals surface area (Å²) in [6, 6.07) is 4.01. The van der Waals surface area contributed by atoms with Gasteiger partial charge in [-0.15, -0.1) is 0 Å². The number of aromatic carboxylic acids is 2. The van der Waals surface area contributed by atoms with Crippen LogP contribution in [0, 0.1) is 12.8 Å². The van der Waals surface area contributed by atoms with E-state index in [9.17, 15) is 9.59 Å². The van der Waals surface area contributed by atoms with Crippen molar-refractivity contribution in [2.75, 3.05) is 0 Å². The summed E-state index contributed by atoms with van der Waals surface area (Å²) < 4.78 is 0. The fourth-order valence-corrected chi connectivity index (χ4v) is 2.97. The molecule has 2 N–H and O–H groups in total. The maximum Gasteiger partial charge on any atom is 0.335 e. The summed E-state index contributed by atoms with van der Waals surface area (Å²) in [7, 11) is 0. The maximum atomic E-state index is 10.6. The van der Waals surface area contributed by atoms with Gasteiger partial charge in [0.1, 0.15) is 0 Å². The average Bonchev–Trinajstić information content (AvgIpc) is 3.01. The molecule has 1 saturated carbocycles. The van der Waals surface area contributed by atoms with E-state index in [1.165, 1.54) is 63.5 Å². The Kier molecular flexibility index (Phi) is 8.38. The molecule has 2 rings (SSSR count). The quantitative estimate of drug-likeness (QED) is 0.711. The summed E-state index contributed by atoms with van der Waals surface area (Å²) in [4.78, 5) is 21.1. The van der Waals surface area contributed by atoms with E-state index >= 15 is 0 Å². The minimum Gasteiger partial charge on any atom is -0.478 e. The lowest BCUT2D eigenvalue weighted by Gasteiger charge is -2.06. The highest BCUT2D eigenvalue weighted by Gasteiger charge is 2.13. The van der Waals surface area contributed by atoms with E-state index in [1.54, 1.807) is 6.92 Å². The van der Waals surface area contributed by atoms with E-state index in [2.05, 4.69) is 6.92 Å². The summed E-state index contributed by atoms with van der Waals surface area (Å²) in [5, 5.41) is 17.3. The zero-order valence-corrected chi connectivity index (χ0v) is 14.2. The van der Waals surface area contributed by atoms with Crippen LogP contribution in [-0.2, 0) is 0 Å². The first-order valence-electron chi connectivity index (χ1n) is 8.53. The molecule has 1 aromatic rings. The Balaban J connectivity index is 0.000000238. The van der Waals surface area contributed by atoms with Gasteiger partial charge in [0, 0.05) is 0 Å². The predicted molar refractivity (Wildman–Crippen MR) is 91.2 cm³/mol. The highest BCUT2D eigenvalue weighted by molar-refractivity contribution is 5.94. The fourth-order valence-electron chi connectivity index (χ4n) is 2.97. The van der Waals surface area contributed by atoms with Crippen molar-refractivity contribution in [1.29, 1.82) is 0 Å². The predicted octanol–water partition coefficient (Wildman–Crippen LogP) is 5.15. The largest absolute Gasteiger partial charge is 0.478 e. The lowest BCUT2D eigenvalue weighted by molar-refractivity contribution is 0.0695. The molecule has 0 aliphatic heterocycles. The molecule has 0 unspecified atom stereocenters. The van der Waals surface area contributed by atoms with E-state index in [0.717, 1.165) is 12.0 Å². The summed E-state index contributed by atoms with van der Waals surface area (Å²) in [5.74, 6) is -1.12. The molecule has 0 atom stereocenters. The van der Waals surface area contributed by atoms with Crippen molar-refractivity contribution < 1.29 is 19.8 Å². The molecular formula is C19H28O4. The Morgan fingerprint density at radius 2 is 1.74 bits per heavy atom. The van der Waals surface area contributed by atoms with Crippen molar-refractivity contribution in [3.63, 3.8) is 0 Å². The number of benzene rings is 1. The van der Waals surface area contributed by atoms with E-state index in [-0.39, 0.29) is 11.1 Å². The number of carbonyl (C=O) groups is 2. The topological polar surface area (TPSA) is 74.6 Å². The van der Waals surface area contributed by atoms with Gasteiger partial charge in [-0.2, -0.15) is 0 Å². The Labute approximate surface area is 138 Å². The van der Waals surface area contributed by atoms with Crippen molar-refractivity contribution in [3.8, 4) is 0 Å². The second kappa shape index (κ2) is 10.0.